The maximum Gasteiger partial charge on any atom is 0.216 e. The molecular formula is C35H49F4NO. The second-order valence-corrected chi connectivity index (χ2v) is 12.4. The van der Waals surface area contributed by atoms with Gasteiger partial charge in [0.2, 0.25) is 5.95 Å². The van der Waals surface area contributed by atoms with Gasteiger partial charge in [0.05, 0.1) is 18.4 Å². The fraction of sp³-hybridized carbons (Fsp3) is 0.686. The minimum Gasteiger partial charge on any atom is -0.375 e. The summed E-state index contributed by atoms with van der Waals surface area (Å²) < 4.78 is 65.1. The van der Waals surface area contributed by atoms with Gasteiger partial charge in [-0.05, 0) is 61.3 Å². The highest BCUT2D eigenvalue weighted by molar-refractivity contribution is 5.63. The lowest BCUT2D eigenvalue weighted by atomic mass is 9.87. The Morgan fingerprint density at radius 3 is 2.34 bits per heavy atom. The Morgan fingerprint density at radius 1 is 0.878 bits per heavy atom. The summed E-state index contributed by atoms with van der Waals surface area (Å²) in [5.74, 6) is -1.53. The van der Waals surface area contributed by atoms with Gasteiger partial charge >= 0.3 is 0 Å². The Labute approximate surface area is 244 Å². The van der Waals surface area contributed by atoms with Crippen molar-refractivity contribution in [3.05, 3.63) is 52.5 Å². The molecular weight excluding hydrogens is 526 g/mol. The second kappa shape index (κ2) is 16.6. The Morgan fingerprint density at radius 2 is 1.61 bits per heavy atom. The van der Waals surface area contributed by atoms with Crippen molar-refractivity contribution in [2.24, 2.45) is 5.92 Å². The number of unbranched alkanes of at least 4 members (excludes halogenated alkanes) is 9. The van der Waals surface area contributed by atoms with E-state index in [4.69, 9.17) is 4.74 Å². The van der Waals surface area contributed by atoms with Gasteiger partial charge in [-0.25, -0.2) is 18.2 Å². The molecule has 1 saturated carbocycles. The first-order valence-corrected chi connectivity index (χ1v) is 16.4. The third kappa shape index (κ3) is 10.1. The molecule has 0 aliphatic heterocycles. The number of hydrogen-bond donors (Lipinski definition) is 0. The van der Waals surface area contributed by atoms with E-state index in [1.165, 1.54) is 44.9 Å². The van der Waals surface area contributed by atoms with Gasteiger partial charge in [-0.1, -0.05) is 96.5 Å². The number of fused-ring (bicyclic) bond motifs is 1. The standard InChI is InChI=1S/C35H49F4NO/c1-2-3-4-12-15-28(36)24-41-29-20-18-27-22-31(34(38)33(37)30(27)23-29)32-21-19-26(35(39)40-32)14-11-9-7-5-6-8-10-13-25-16-17-25/h19,21-22,25,28-29H,2-18,20,23-24H2,1H3. The molecule has 0 saturated heterocycles. The van der Waals surface area contributed by atoms with Gasteiger partial charge in [0.1, 0.15) is 6.17 Å². The van der Waals surface area contributed by atoms with Crippen LogP contribution in [0.1, 0.15) is 126 Å². The zero-order valence-electron chi connectivity index (χ0n) is 25.0. The summed E-state index contributed by atoms with van der Waals surface area (Å²) in [5.41, 5.74) is 1.59. The van der Waals surface area contributed by atoms with Crippen LogP contribution in [0.15, 0.2) is 18.2 Å². The maximum atomic E-state index is 15.2. The van der Waals surface area contributed by atoms with Crippen LogP contribution in [0.2, 0.25) is 0 Å². The molecule has 1 aromatic carbocycles. The van der Waals surface area contributed by atoms with Crippen molar-refractivity contribution >= 4 is 0 Å². The number of nitrogens with zero attached hydrogens (tertiary/aromatic N) is 1. The number of halogens is 4. The zero-order chi connectivity index (χ0) is 29.0. The highest BCUT2D eigenvalue weighted by Crippen LogP contribution is 2.35. The fourth-order valence-corrected chi connectivity index (χ4v) is 6.09. The van der Waals surface area contributed by atoms with Crippen LogP contribution in [0.4, 0.5) is 17.6 Å². The average molecular weight is 576 g/mol. The summed E-state index contributed by atoms with van der Waals surface area (Å²) in [6.45, 7) is 2.11. The minimum atomic E-state index is -1.03. The average Bonchev–Trinajstić information content (AvgIpc) is 3.80. The van der Waals surface area contributed by atoms with Crippen molar-refractivity contribution in [1.29, 1.82) is 0 Å². The molecule has 0 bridgehead atoms. The molecule has 2 nitrogen and oxygen atoms in total. The number of ether oxygens (including phenoxy) is 1. The summed E-state index contributed by atoms with van der Waals surface area (Å²) in [5, 5.41) is 0. The van der Waals surface area contributed by atoms with Crippen molar-refractivity contribution in [2.45, 2.75) is 141 Å². The van der Waals surface area contributed by atoms with Gasteiger partial charge in [0.25, 0.3) is 0 Å². The summed E-state index contributed by atoms with van der Waals surface area (Å²) >= 11 is 0. The Bertz CT molecular complexity index is 1090. The van der Waals surface area contributed by atoms with Crippen LogP contribution in [0.3, 0.4) is 0 Å². The number of pyridine rings is 1. The SMILES string of the molecule is CCCCCCC(F)COC1CCc2cc(-c3ccc(CCCCCCCCCC4CC4)c(F)n3)c(F)c(F)c2C1. The van der Waals surface area contributed by atoms with Gasteiger partial charge in [0, 0.05) is 17.5 Å². The van der Waals surface area contributed by atoms with E-state index in [9.17, 15) is 8.78 Å². The Balaban J connectivity index is 1.24. The Kier molecular flexibility index (Phi) is 13.0. The van der Waals surface area contributed by atoms with E-state index in [0.29, 0.717) is 36.8 Å². The van der Waals surface area contributed by atoms with Gasteiger partial charge in [-0.3, -0.25) is 0 Å². The molecule has 2 atom stereocenters. The molecule has 1 fully saturated rings. The topological polar surface area (TPSA) is 22.1 Å². The molecule has 41 heavy (non-hydrogen) atoms. The van der Waals surface area contributed by atoms with Crippen LogP contribution in [0.25, 0.3) is 11.3 Å². The fourth-order valence-electron chi connectivity index (χ4n) is 6.09. The molecule has 0 amide bonds. The van der Waals surface area contributed by atoms with Gasteiger partial charge < -0.3 is 4.74 Å². The molecule has 0 spiro atoms. The predicted molar refractivity (Wildman–Crippen MR) is 158 cm³/mol. The molecule has 2 aromatic rings. The number of alkyl halides is 1. The van der Waals surface area contributed by atoms with Crippen LogP contribution in [-0.4, -0.2) is 23.9 Å². The van der Waals surface area contributed by atoms with Gasteiger partial charge in [-0.2, -0.15) is 4.39 Å². The van der Waals surface area contributed by atoms with Crippen LogP contribution in [0.5, 0.6) is 0 Å². The lowest BCUT2D eigenvalue weighted by Crippen LogP contribution is -2.27. The lowest BCUT2D eigenvalue weighted by molar-refractivity contribution is 0.00865. The summed E-state index contributed by atoms with van der Waals surface area (Å²) in [4.78, 5) is 4.02. The first-order valence-electron chi connectivity index (χ1n) is 16.4. The van der Waals surface area contributed by atoms with Gasteiger partial charge in [0.15, 0.2) is 11.6 Å². The predicted octanol–water partition coefficient (Wildman–Crippen LogP) is 10.4. The zero-order valence-corrected chi connectivity index (χ0v) is 25.0. The normalized spacial score (nSPS) is 17.5. The molecule has 1 heterocycles. The van der Waals surface area contributed by atoms with E-state index in [-0.39, 0.29) is 36.0 Å². The molecule has 6 heteroatoms. The van der Waals surface area contributed by atoms with Crippen molar-refractivity contribution in [2.75, 3.05) is 6.61 Å². The molecule has 0 N–H and O–H groups in total. The summed E-state index contributed by atoms with van der Waals surface area (Å²) in [6, 6.07) is 4.85. The van der Waals surface area contributed by atoms with Crippen LogP contribution in [0, 0.1) is 23.5 Å². The van der Waals surface area contributed by atoms with E-state index in [1.807, 2.05) is 0 Å². The summed E-state index contributed by atoms with van der Waals surface area (Å²) in [7, 11) is 0. The number of benzene rings is 1. The third-order valence-electron chi connectivity index (χ3n) is 8.91. The number of aryl methyl sites for hydroxylation is 2. The van der Waals surface area contributed by atoms with Crippen molar-refractivity contribution in [3.8, 4) is 11.3 Å². The first-order chi connectivity index (χ1) is 20.0. The van der Waals surface area contributed by atoms with Crippen molar-refractivity contribution < 1.29 is 22.3 Å². The molecule has 2 aliphatic rings. The molecule has 4 rings (SSSR count). The molecule has 0 radical (unpaired) electrons. The second-order valence-electron chi connectivity index (χ2n) is 12.4. The van der Waals surface area contributed by atoms with Crippen LogP contribution < -0.4 is 0 Å². The number of aromatic nitrogens is 1. The van der Waals surface area contributed by atoms with Crippen molar-refractivity contribution in [1.82, 2.24) is 4.98 Å². The van der Waals surface area contributed by atoms with E-state index in [1.54, 1.807) is 18.2 Å². The maximum absolute atomic E-state index is 15.2. The van der Waals surface area contributed by atoms with E-state index >= 15 is 8.78 Å². The lowest BCUT2D eigenvalue weighted by Gasteiger charge is -2.26. The van der Waals surface area contributed by atoms with Crippen molar-refractivity contribution in [3.63, 3.8) is 0 Å². The minimum absolute atomic E-state index is 0.00972. The first kappa shape index (κ1) is 32.0. The monoisotopic (exact) mass is 575 g/mol. The van der Waals surface area contributed by atoms with Crippen LogP contribution in [-0.2, 0) is 24.0 Å². The smallest absolute Gasteiger partial charge is 0.216 e. The third-order valence-corrected chi connectivity index (χ3v) is 8.91. The highest BCUT2D eigenvalue weighted by Gasteiger charge is 2.27. The summed E-state index contributed by atoms with van der Waals surface area (Å²) in [6.07, 6.45) is 17.7. The molecule has 228 valence electrons. The highest BCUT2D eigenvalue weighted by atomic mass is 19.2. The van der Waals surface area contributed by atoms with E-state index < -0.39 is 23.8 Å². The van der Waals surface area contributed by atoms with Crippen LogP contribution >= 0.6 is 0 Å². The number of hydrogen-bond acceptors (Lipinski definition) is 2. The molecule has 2 unspecified atom stereocenters. The largest absolute Gasteiger partial charge is 0.375 e. The molecule has 2 aliphatic carbocycles. The number of rotatable bonds is 19. The van der Waals surface area contributed by atoms with E-state index in [2.05, 4.69) is 11.9 Å². The molecule has 1 aromatic heterocycles. The quantitative estimate of drug-likeness (QED) is 0.0944. The Hall–Kier alpha value is -1.95. The van der Waals surface area contributed by atoms with Gasteiger partial charge in [-0.15, -0.1) is 0 Å². The van der Waals surface area contributed by atoms with E-state index in [0.717, 1.165) is 50.9 Å².